The Balaban J connectivity index is 2.60. The molecule has 0 fully saturated rings. The van der Waals surface area contributed by atoms with Crippen LogP contribution in [0.25, 0.3) is 16.9 Å². The summed E-state index contributed by atoms with van der Waals surface area (Å²) in [7, 11) is 0. The number of hydrogen-bond donors (Lipinski definition) is 1. The van der Waals surface area contributed by atoms with Crippen LogP contribution in [0.3, 0.4) is 0 Å². The summed E-state index contributed by atoms with van der Waals surface area (Å²) in [6.45, 7) is 5.48. The number of aromatic hydroxyl groups is 1. The summed E-state index contributed by atoms with van der Waals surface area (Å²) >= 11 is 5.77. The van der Waals surface area contributed by atoms with Crippen LogP contribution in [0, 0.1) is 24.1 Å². The monoisotopic (exact) mass is 361 g/mol. The molecule has 3 aromatic rings. The maximum absolute atomic E-state index is 13.8. The fourth-order valence-electron chi connectivity index (χ4n) is 2.64. The van der Waals surface area contributed by atoms with Gasteiger partial charge in [0, 0.05) is 11.6 Å². The first kappa shape index (κ1) is 16.9. The second-order valence-electron chi connectivity index (χ2n) is 5.80. The average molecular weight is 362 g/mol. The number of fused-ring (bicyclic) bond motifs is 1. The second-order valence-corrected chi connectivity index (χ2v) is 6.16. The molecule has 0 amide bonds. The minimum Gasteiger partial charge on any atom is -0.506 e. The molecule has 0 aliphatic heterocycles. The molecule has 0 radical (unpaired) electrons. The van der Waals surface area contributed by atoms with E-state index in [0.717, 1.165) is 10.6 Å². The molecular formula is C16H13ClFN5O2. The molecule has 0 atom stereocenters. The van der Waals surface area contributed by atoms with E-state index in [1.165, 1.54) is 0 Å². The smallest absolute Gasteiger partial charge is 0.279 e. The highest BCUT2D eigenvalue weighted by atomic mass is 35.5. The standard InChI is InChI=1S/C16H13ClFN5O2/c1-7(2)23-15(8(3)6-20-23)22-14-9(4-11(18)13(17)21-14)12(24)10(5-19)16(22)25/h4,6-7,24H,1-3H3. The third-order valence-corrected chi connectivity index (χ3v) is 4.06. The third-order valence-electron chi connectivity index (χ3n) is 3.79. The van der Waals surface area contributed by atoms with Crippen LogP contribution >= 0.6 is 11.6 Å². The van der Waals surface area contributed by atoms with Gasteiger partial charge in [-0.3, -0.25) is 4.79 Å². The van der Waals surface area contributed by atoms with E-state index in [-0.39, 0.29) is 17.1 Å². The predicted molar refractivity (Wildman–Crippen MR) is 89.6 cm³/mol. The summed E-state index contributed by atoms with van der Waals surface area (Å²) in [6, 6.07) is 2.51. The van der Waals surface area contributed by atoms with Crippen LogP contribution in [0.1, 0.15) is 31.0 Å². The molecular weight excluding hydrogens is 349 g/mol. The van der Waals surface area contributed by atoms with Crippen molar-refractivity contribution in [2.75, 3.05) is 0 Å². The van der Waals surface area contributed by atoms with Crippen molar-refractivity contribution >= 4 is 22.6 Å². The Morgan fingerprint density at radius 2 is 2.12 bits per heavy atom. The highest BCUT2D eigenvalue weighted by Crippen LogP contribution is 2.30. The molecule has 0 aliphatic carbocycles. The number of halogens is 2. The van der Waals surface area contributed by atoms with Crippen molar-refractivity contribution in [2.24, 2.45) is 0 Å². The van der Waals surface area contributed by atoms with Crippen molar-refractivity contribution in [3.8, 4) is 17.6 Å². The molecule has 25 heavy (non-hydrogen) atoms. The lowest BCUT2D eigenvalue weighted by molar-refractivity contribution is 0.476. The SMILES string of the molecule is Cc1cnn(C(C)C)c1-n1c(=O)c(C#N)c(O)c2cc(F)c(Cl)nc21. The van der Waals surface area contributed by atoms with Gasteiger partial charge in [-0.1, -0.05) is 11.6 Å². The number of hydrogen-bond acceptors (Lipinski definition) is 5. The zero-order valence-electron chi connectivity index (χ0n) is 13.6. The van der Waals surface area contributed by atoms with Gasteiger partial charge in [0.2, 0.25) is 0 Å². The lowest BCUT2D eigenvalue weighted by Gasteiger charge is -2.16. The van der Waals surface area contributed by atoms with Gasteiger partial charge in [-0.15, -0.1) is 0 Å². The zero-order chi connectivity index (χ0) is 18.5. The lowest BCUT2D eigenvalue weighted by Crippen LogP contribution is -2.26. The lowest BCUT2D eigenvalue weighted by atomic mass is 10.1. The molecule has 0 saturated carbocycles. The van der Waals surface area contributed by atoms with E-state index in [1.54, 1.807) is 23.9 Å². The van der Waals surface area contributed by atoms with E-state index < -0.39 is 27.8 Å². The Labute approximate surface area is 146 Å². The molecule has 3 rings (SSSR count). The molecule has 0 spiro atoms. The van der Waals surface area contributed by atoms with Gasteiger partial charge in [-0.25, -0.2) is 18.6 Å². The quantitative estimate of drug-likeness (QED) is 0.708. The number of pyridine rings is 2. The summed E-state index contributed by atoms with van der Waals surface area (Å²) < 4.78 is 16.5. The van der Waals surface area contributed by atoms with Crippen LogP contribution in [0.15, 0.2) is 17.1 Å². The summed E-state index contributed by atoms with van der Waals surface area (Å²) in [5.74, 6) is -1.13. The van der Waals surface area contributed by atoms with Crippen molar-refractivity contribution in [1.82, 2.24) is 19.3 Å². The zero-order valence-corrected chi connectivity index (χ0v) is 14.3. The highest BCUT2D eigenvalue weighted by molar-refractivity contribution is 6.30. The van der Waals surface area contributed by atoms with Crippen molar-refractivity contribution in [1.29, 1.82) is 5.26 Å². The number of nitriles is 1. The van der Waals surface area contributed by atoms with Crippen LogP contribution in [-0.2, 0) is 0 Å². The van der Waals surface area contributed by atoms with Gasteiger partial charge in [-0.05, 0) is 26.8 Å². The number of aryl methyl sites for hydroxylation is 1. The van der Waals surface area contributed by atoms with E-state index in [2.05, 4.69) is 10.1 Å². The van der Waals surface area contributed by atoms with E-state index in [9.17, 15) is 19.6 Å². The molecule has 0 aromatic carbocycles. The Morgan fingerprint density at radius 1 is 1.44 bits per heavy atom. The molecule has 1 N–H and O–H groups in total. The summed E-state index contributed by atoms with van der Waals surface area (Å²) in [4.78, 5) is 16.7. The first-order valence-electron chi connectivity index (χ1n) is 7.36. The van der Waals surface area contributed by atoms with E-state index in [0.29, 0.717) is 11.4 Å². The fraction of sp³-hybridized carbons (Fsp3) is 0.250. The topological polar surface area (TPSA) is 96.7 Å². The van der Waals surface area contributed by atoms with Gasteiger partial charge in [0.1, 0.15) is 17.6 Å². The molecule has 0 saturated heterocycles. The van der Waals surface area contributed by atoms with E-state index in [4.69, 9.17) is 11.6 Å². The van der Waals surface area contributed by atoms with Crippen LogP contribution in [0.5, 0.6) is 5.75 Å². The molecule has 9 heteroatoms. The van der Waals surface area contributed by atoms with Crippen molar-refractivity contribution in [2.45, 2.75) is 26.8 Å². The largest absolute Gasteiger partial charge is 0.506 e. The van der Waals surface area contributed by atoms with Crippen molar-refractivity contribution < 1.29 is 9.50 Å². The van der Waals surface area contributed by atoms with Gasteiger partial charge in [0.15, 0.2) is 22.2 Å². The first-order valence-corrected chi connectivity index (χ1v) is 7.74. The van der Waals surface area contributed by atoms with E-state index >= 15 is 0 Å². The normalized spacial score (nSPS) is 11.2. The highest BCUT2D eigenvalue weighted by Gasteiger charge is 2.24. The Morgan fingerprint density at radius 3 is 2.72 bits per heavy atom. The average Bonchev–Trinajstić information content (AvgIpc) is 2.92. The van der Waals surface area contributed by atoms with Crippen molar-refractivity contribution in [3.05, 3.63) is 44.7 Å². The van der Waals surface area contributed by atoms with Gasteiger partial charge in [0.25, 0.3) is 5.56 Å². The number of nitrogens with zero attached hydrogens (tertiary/aromatic N) is 5. The van der Waals surface area contributed by atoms with Gasteiger partial charge in [-0.2, -0.15) is 10.4 Å². The fourth-order valence-corrected chi connectivity index (χ4v) is 2.78. The first-order chi connectivity index (χ1) is 11.8. The van der Waals surface area contributed by atoms with Crippen LogP contribution in [-0.4, -0.2) is 24.4 Å². The molecule has 0 unspecified atom stereocenters. The van der Waals surface area contributed by atoms with Gasteiger partial charge in [0.05, 0.1) is 11.6 Å². The number of aromatic nitrogens is 4. The maximum atomic E-state index is 13.8. The summed E-state index contributed by atoms with van der Waals surface area (Å²) in [6.07, 6.45) is 1.57. The molecule has 7 nitrogen and oxygen atoms in total. The third kappa shape index (κ3) is 2.44. The Hall–Kier alpha value is -2.92. The Kier molecular flexibility index (Phi) is 3.97. The molecule has 0 aliphatic rings. The maximum Gasteiger partial charge on any atom is 0.279 e. The molecule has 0 bridgehead atoms. The summed E-state index contributed by atoms with van der Waals surface area (Å²) in [5.41, 5.74) is -0.701. The number of rotatable bonds is 2. The predicted octanol–water partition coefficient (Wildman–Crippen LogP) is 2.84. The van der Waals surface area contributed by atoms with Crippen LogP contribution < -0.4 is 5.56 Å². The van der Waals surface area contributed by atoms with Gasteiger partial charge >= 0.3 is 0 Å². The Bertz CT molecular complexity index is 1110. The van der Waals surface area contributed by atoms with Crippen molar-refractivity contribution in [3.63, 3.8) is 0 Å². The second kappa shape index (κ2) is 5.86. The molecule has 3 heterocycles. The minimum absolute atomic E-state index is 0.0570. The van der Waals surface area contributed by atoms with Crippen LogP contribution in [0.4, 0.5) is 4.39 Å². The molecule has 128 valence electrons. The van der Waals surface area contributed by atoms with E-state index in [1.807, 2.05) is 13.8 Å². The van der Waals surface area contributed by atoms with Crippen LogP contribution in [0.2, 0.25) is 5.15 Å². The van der Waals surface area contributed by atoms with Gasteiger partial charge < -0.3 is 5.11 Å². The summed E-state index contributed by atoms with van der Waals surface area (Å²) in [5, 5.41) is 23.2. The minimum atomic E-state index is -0.868. The molecule has 3 aromatic heterocycles.